The van der Waals surface area contributed by atoms with E-state index in [1.54, 1.807) is 7.11 Å². The maximum Gasteiger partial charge on any atom is 0.240 e. The molecule has 0 spiro atoms. The quantitative estimate of drug-likeness (QED) is 0.753. The smallest absolute Gasteiger partial charge is 0.240 e. The SMILES string of the molecule is COC(c1noc(CN)n1)C(C)C. The van der Waals surface area contributed by atoms with E-state index >= 15 is 0 Å². The molecule has 5 heteroatoms. The predicted molar refractivity (Wildman–Crippen MR) is 46.8 cm³/mol. The Morgan fingerprint density at radius 1 is 1.54 bits per heavy atom. The average molecular weight is 185 g/mol. The van der Waals surface area contributed by atoms with E-state index in [0.29, 0.717) is 17.6 Å². The first-order valence-corrected chi connectivity index (χ1v) is 4.24. The zero-order valence-electron chi connectivity index (χ0n) is 8.15. The molecule has 0 saturated heterocycles. The van der Waals surface area contributed by atoms with Crippen LogP contribution in [0, 0.1) is 5.92 Å². The van der Waals surface area contributed by atoms with E-state index in [1.165, 1.54) is 0 Å². The third-order valence-corrected chi connectivity index (χ3v) is 1.77. The zero-order valence-corrected chi connectivity index (χ0v) is 8.15. The highest BCUT2D eigenvalue weighted by Crippen LogP contribution is 2.21. The lowest BCUT2D eigenvalue weighted by atomic mass is 10.1. The minimum atomic E-state index is -0.121. The summed E-state index contributed by atoms with van der Waals surface area (Å²) in [5, 5.41) is 3.79. The largest absolute Gasteiger partial charge is 0.373 e. The van der Waals surface area contributed by atoms with E-state index < -0.39 is 0 Å². The summed E-state index contributed by atoms with van der Waals surface area (Å²) >= 11 is 0. The van der Waals surface area contributed by atoms with Gasteiger partial charge in [0.1, 0.15) is 6.10 Å². The fourth-order valence-electron chi connectivity index (χ4n) is 1.14. The summed E-state index contributed by atoms with van der Waals surface area (Å²) in [4.78, 5) is 4.09. The number of rotatable bonds is 4. The fourth-order valence-corrected chi connectivity index (χ4v) is 1.14. The number of hydrogen-bond acceptors (Lipinski definition) is 5. The molecule has 1 unspecified atom stereocenters. The lowest BCUT2D eigenvalue weighted by molar-refractivity contribution is 0.0555. The van der Waals surface area contributed by atoms with Crippen molar-refractivity contribution in [2.75, 3.05) is 7.11 Å². The minimum Gasteiger partial charge on any atom is -0.373 e. The lowest BCUT2D eigenvalue weighted by Crippen LogP contribution is -2.10. The van der Waals surface area contributed by atoms with Gasteiger partial charge >= 0.3 is 0 Å². The Bertz CT molecular complexity index is 260. The summed E-state index contributed by atoms with van der Waals surface area (Å²) < 4.78 is 10.1. The van der Waals surface area contributed by atoms with Crippen LogP contribution in [0.1, 0.15) is 31.7 Å². The molecule has 13 heavy (non-hydrogen) atoms. The fraction of sp³-hybridized carbons (Fsp3) is 0.750. The normalized spacial score (nSPS) is 13.6. The maximum absolute atomic E-state index is 5.34. The van der Waals surface area contributed by atoms with Gasteiger partial charge in [-0.1, -0.05) is 19.0 Å². The molecule has 1 heterocycles. The van der Waals surface area contributed by atoms with Gasteiger partial charge in [-0.2, -0.15) is 4.98 Å². The number of nitrogens with two attached hydrogens (primary N) is 1. The van der Waals surface area contributed by atoms with Crippen LogP contribution in [-0.4, -0.2) is 17.3 Å². The first-order chi connectivity index (χ1) is 6.19. The van der Waals surface area contributed by atoms with Gasteiger partial charge in [0.05, 0.1) is 6.54 Å². The Morgan fingerprint density at radius 3 is 2.62 bits per heavy atom. The van der Waals surface area contributed by atoms with Crippen LogP contribution in [0.5, 0.6) is 0 Å². The molecule has 2 N–H and O–H groups in total. The molecule has 5 nitrogen and oxygen atoms in total. The van der Waals surface area contributed by atoms with Crippen LogP contribution in [0.15, 0.2) is 4.52 Å². The van der Waals surface area contributed by atoms with Crippen molar-refractivity contribution in [2.24, 2.45) is 11.7 Å². The van der Waals surface area contributed by atoms with Gasteiger partial charge < -0.3 is 15.0 Å². The second-order valence-corrected chi connectivity index (χ2v) is 3.15. The zero-order chi connectivity index (χ0) is 9.84. The van der Waals surface area contributed by atoms with E-state index in [0.717, 1.165) is 0 Å². The van der Waals surface area contributed by atoms with Crippen LogP contribution in [0.4, 0.5) is 0 Å². The average Bonchev–Trinajstić information content (AvgIpc) is 2.53. The topological polar surface area (TPSA) is 74.2 Å². The highest BCUT2D eigenvalue weighted by atomic mass is 16.5. The van der Waals surface area contributed by atoms with Crippen LogP contribution in [0.2, 0.25) is 0 Å². The second kappa shape index (κ2) is 4.34. The molecule has 0 saturated carbocycles. The predicted octanol–water partition coefficient (Wildman–Crippen LogP) is 0.872. The molecule has 1 atom stereocenters. The summed E-state index contributed by atoms with van der Waals surface area (Å²) in [6, 6.07) is 0. The summed E-state index contributed by atoms with van der Waals surface area (Å²) in [5.41, 5.74) is 5.34. The van der Waals surface area contributed by atoms with Crippen LogP contribution in [0.25, 0.3) is 0 Å². The molecule has 1 aromatic heterocycles. The Kier molecular flexibility index (Phi) is 3.39. The van der Waals surface area contributed by atoms with Crippen molar-refractivity contribution < 1.29 is 9.26 Å². The highest BCUT2D eigenvalue weighted by Gasteiger charge is 2.20. The van der Waals surface area contributed by atoms with Gasteiger partial charge in [-0.3, -0.25) is 0 Å². The number of ether oxygens (including phenoxy) is 1. The van der Waals surface area contributed by atoms with Gasteiger partial charge in [0.2, 0.25) is 11.7 Å². The Labute approximate surface area is 77.3 Å². The van der Waals surface area contributed by atoms with E-state index in [2.05, 4.69) is 10.1 Å². The van der Waals surface area contributed by atoms with Crippen molar-refractivity contribution in [1.82, 2.24) is 10.1 Å². The summed E-state index contributed by atoms with van der Waals surface area (Å²) in [7, 11) is 1.63. The van der Waals surface area contributed by atoms with Crippen molar-refractivity contribution >= 4 is 0 Å². The molecular weight excluding hydrogens is 170 g/mol. The first kappa shape index (κ1) is 10.1. The van der Waals surface area contributed by atoms with E-state index in [1.807, 2.05) is 13.8 Å². The van der Waals surface area contributed by atoms with Gasteiger partial charge in [0, 0.05) is 7.11 Å². The third kappa shape index (κ3) is 2.26. The van der Waals surface area contributed by atoms with E-state index in [9.17, 15) is 0 Å². The van der Waals surface area contributed by atoms with Crippen LogP contribution in [-0.2, 0) is 11.3 Å². The third-order valence-electron chi connectivity index (χ3n) is 1.77. The summed E-state index contributed by atoms with van der Waals surface area (Å²) in [6.07, 6.45) is -0.121. The molecule has 0 bridgehead atoms. The van der Waals surface area contributed by atoms with Gasteiger partial charge in [-0.15, -0.1) is 0 Å². The van der Waals surface area contributed by atoms with Crippen LogP contribution >= 0.6 is 0 Å². The van der Waals surface area contributed by atoms with Crippen molar-refractivity contribution in [2.45, 2.75) is 26.5 Å². The van der Waals surface area contributed by atoms with Crippen molar-refractivity contribution in [3.63, 3.8) is 0 Å². The molecule has 0 aliphatic carbocycles. The van der Waals surface area contributed by atoms with Crippen molar-refractivity contribution in [3.8, 4) is 0 Å². The molecule has 1 aromatic rings. The number of aromatic nitrogens is 2. The number of nitrogens with zero attached hydrogens (tertiary/aromatic N) is 2. The second-order valence-electron chi connectivity index (χ2n) is 3.15. The van der Waals surface area contributed by atoms with Crippen molar-refractivity contribution in [1.29, 1.82) is 0 Å². The van der Waals surface area contributed by atoms with E-state index in [4.69, 9.17) is 15.0 Å². The first-order valence-electron chi connectivity index (χ1n) is 4.24. The van der Waals surface area contributed by atoms with E-state index in [-0.39, 0.29) is 12.6 Å². The van der Waals surface area contributed by atoms with Gasteiger partial charge in [-0.25, -0.2) is 0 Å². The Balaban J connectivity index is 2.79. The lowest BCUT2D eigenvalue weighted by Gasteiger charge is -2.14. The number of methoxy groups -OCH3 is 1. The Morgan fingerprint density at radius 2 is 2.23 bits per heavy atom. The van der Waals surface area contributed by atoms with Gasteiger partial charge in [-0.05, 0) is 5.92 Å². The molecule has 74 valence electrons. The minimum absolute atomic E-state index is 0.121. The number of hydrogen-bond donors (Lipinski definition) is 1. The molecule has 1 rings (SSSR count). The molecule has 0 radical (unpaired) electrons. The van der Waals surface area contributed by atoms with Crippen LogP contribution < -0.4 is 5.73 Å². The van der Waals surface area contributed by atoms with Gasteiger partial charge in [0.25, 0.3) is 0 Å². The van der Waals surface area contributed by atoms with Gasteiger partial charge in [0.15, 0.2) is 0 Å². The molecular formula is C8H15N3O2. The van der Waals surface area contributed by atoms with Crippen molar-refractivity contribution in [3.05, 3.63) is 11.7 Å². The molecule has 0 amide bonds. The molecule has 0 fully saturated rings. The molecule has 0 aliphatic rings. The summed E-state index contributed by atoms with van der Waals surface area (Å²) in [5.74, 6) is 1.32. The standard InChI is InChI=1S/C8H15N3O2/c1-5(2)7(12-3)8-10-6(4-9)13-11-8/h5,7H,4,9H2,1-3H3. The highest BCUT2D eigenvalue weighted by molar-refractivity contribution is 4.92. The Hall–Kier alpha value is -0.940. The maximum atomic E-state index is 5.34. The summed E-state index contributed by atoms with van der Waals surface area (Å²) in [6.45, 7) is 4.33. The monoisotopic (exact) mass is 185 g/mol. The van der Waals surface area contributed by atoms with Crippen LogP contribution in [0.3, 0.4) is 0 Å². The molecule has 0 aromatic carbocycles. The molecule has 0 aliphatic heterocycles.